The van der Waals surface area contributed by atoms with Crippen molar-refractivity contribution in [2.75, 3.05) is 0 Å². The molecule has 0 aliphatic heterocycles. The molecule has 12 rings (SSSR count). The van der Waals surface area contributed by atoms with Gasteiger partial charge in [-0.25, -0.2) is 15.0 Å². The fourth-order valence-corrected chi connectivity index (χ4v) is 9.14. The first kappa shape index (κ1) is 33.4. The summed E-state index contributed by atoms with van der Waals surface area (Å²) in [6.45, 7) is 0. The zero-order valence-electron chi connectivity index (χ0n) is 32.1. The quantitative estimate of drug-likeness (QED) is 0.164. The summed E-state index contributed by atoms with van der Waals surface area (Å²) in [5.41, 5.74) is 11.5. The molecule has 1 aliphatic rings. The summed E-state index contributed by atoms with van der Waals surface area (Å²) >= 11 is 0. The molecule has 0 atom stereocenters. The number of nitrogens with zero attached hydrogens (tertiary/aromatic N) is 3. The van der Waals surface area contributed by atoms with Crippen LogP contribution in [0.2, 0.25) is 0 Å². The maximum Gasteiger partial charge on any atom is 0.164 e. The molecule has 0 saturated carbocycles. The third-order valence-electron chi connectivity index (χ3n) is 12.0. The number of benzene rings is 9. The normalized spacial score (nSPS) is 12.5. The van der Waals surface area contributed by atoms with E-state index in [1.54, 1.807) is 0 Å². The van der Waals surface area contributed by atoms with Gasteiger partial charge in [-0.3, -0.25) is 0 Å². The van der Waals surface area contributed by atoms with Gasteiger partial charge in [-0.05, 0) is 109 Å². The number of hydrogen-bond acceptors (Lipinski definition) is 4. The number of hydrogen-bond donors (Lipinski definition) is 0. The van der Waals surface area contributed by atoms with Crippen molar-refractivity contribution in [3.8, 4) is 56.4 Å². The number of fused-ring (bicyclic) bond motifs is 9. The number of furan rings is 1. The highest BCUT2D eigenvalue weighted by molar-refractivity contribution is 6.15. The molecule has 1 aliphatic carbocycles. The summed E-state index contributed by atoms with van der Waals surface area (Å²) in [5, 5.41) is 8.94. The van der Waals surface area contributed by atoms with E-state index in [-0.39, 0.29) is 0 Å². The first-order chi connectivity index (χ1) is 29.2. The number of allylic oxidation sites excluding steroid dienone is 1. The highest BCUT2D eigenvalue weighted by Crippen LogP contribution is 2.42. The summed E-state index contributed by atoms with van der Waals surface area (Å²) < 4.78 is 6.65. The summed E-state index contributed by atoms with van der Waals surface area (Å²) in [6, 6.07) is 62.2. The van der Waals surface area contributed by atoms with Crippen molar-refractivity contribution in [2.45, 2.75) is 12.8 Å². The number of para-hydroxylation sites is 1. The fraction of sp³-hybridized carbons (Fsp3) is 0.0364. The number of aromatic nitrogens is 3. The first-order valence-electron chi connectivity index (χ1n) is 20.2. The van der Waals surface area contributed by atoms with Crippen LogP contribution in [-0.4, -0.2) is 15.0 Å². The zero-order chi connectivity index (χ0) is 38.9. The van der Waals surface area contributed by atoms with Crippen molar-refractivity contribution < 1.29 is 4.42 Å². The van der Waals surface area contributed by atoms with Crippen LogP contribution >= 0.6 is 0 Å². The summed E-state index contributed by atoms with van der Waals surface area (Å²) in [7, 11) is 0. The van der Waals surface area contributed by atoms with Crippen molar-refractivity contribution >= 4 is 60.3 Å². The SMILES string of the molecule is C1=Cc2c(cc(-c3nc(-c4cc5ccccc5c5ccccc45)nc(-c4cc(-c5ccc(-c6ccccc6)cc5)cc5oc6ccccc6c45)n3)c3ccccc23)CC1. The van der Waals surface area contributed by atoms with Gasteiger partial charge in [-0.15, -0.1) is 0 Å². The summed E-state index contributed by atoms with van der Waals surface area (Å²) in [4.78, 5) is 16.4. The topological polar surface area (TPSA) is 51.8 Å². The second kappa shape index (κ2) is 13.5. The lowest BCUT2D eigenvalue weighted by molar-refractivity contribution is 0.669. The highest BCUT2D eigenvalue weighted by atomic mass is 16.3. The van der Waals surface area contributed by atoms with Gasteiger partial charge in [-0.2, -0.15) is 0 Å². The lowest BCUT2D eigenvalue weighted by atomic mass is 9.89. The molecule has 59 heavy (non-hydrogen) atoms. The lowest BCUT2D eigenvalue weighted by Crippen LogP contribution is -2.03. The van der Waals surface area contributed by atoms with Crippen molar-refractivity contribution in [1.82, 2.24) is 15.0 Å². The molecule has 11 aromatic rings. The molecule has 4 heteroatoms. The van der Waals surface area contributed by atoms with E-state index in [0.29, 0.717) is 17.5 Å². The molecule has 0 N–H and O–H groups in total. The maximum absolute atomic E-state index is 6.65. The monoisotopic (exact) mass is 753 g/mol. The van der Waals surface area contributed by atoms with Gasteiger partial charge >= 0.3 is 0 Å². The van der Waals surface area contributed by atoms with E-state index >= 15 is 0 Å². The molecule has 0 fully saturated rings. The van der Waals surface area contributed by atoms with Gasteiger partial charge in [-0.1, -0.05) is 158 Å². The van der Waals surface area contributed by atoms with Crippen LogP contribution in [0, 0.1) is 0 Å². The van der Waals surface area contributed by atoms with Gasteiger partial charge < -0.3 is 4.42 Å². The van der Waals surface area contributed by atoms with Crippen molar-refractivity contribution in [2.24, 2.45) is 0 Å². The van der Waals surface area contributed by atoms with E-state index in [9.17, 15) is 0 Å². The Balaban J connectivity index is 1.16. The number of rotatable bonds is 5. The molecule has 9 aromatic carbocycles. The Kier molecular flexibility index (Phi) is 7.63. The van der Waals surface area contributed by atoms with E-state index in [4.69, 9.17) is 19.4 Å². The number of aryl methyl sites for hydroxylation is 1. The maximum atomic E-state index is 6.65. The Morgan fingerprint density at radius 2 is 0.949 bits per heavy atom. The smallest absolute Gasteiger partial charge is 0.164 e. The summed E-state index contributed by atoms with van der Waals surface area (Å²) in [6.07, 6.45) is 6.53. The minimum Gasteiger partial charge on any atom is -0.456 e. The van der Waals surface area contributed by atoms with Crippen LogP contribution in [0.25, 0.3) is 117 Å². The predicted molar refractivity (Wildman–Crippen MR) is 244 cm³/mol. The van der Waals surface area contributed by atoms with E-state index in [0.717, 1.165) is 78.8 Å². The van der Waals surface area contributed by atoms with Crippen LogP contribution in [-0.2, 0) is 6.42 Å². The van der Waals surface area contributed by atoms with Crippen molar-refractivity contribution in [1.29, 1.82) is 0 Å². The zero-order valence-corrected chi connectivity index (χ0v) is 32.1. The first-order valence-corrected chi connectivity index (χ1v) is 20.2. The van der Waals surface area contributed by atoms with Crippen LogP contribution in [0.3, 0.4) is 0 Å². The Hall–Kier alpha value is -7.69. The molecule has 0 saturated heterocycles. The van der Waals surface area contributed by atoms with Crippen molar-refractivity contribution in [3.63, 3.8) is 0 Å². The Morgan fingerprint density at radius 1 is 0.390 bits per heavy atom. The third-order valence-corrected chi connectivity index (χ3v) is 12.0. The molecule has 0 bridgehead atoms. The Morgan fingerprint density at radius 3 is 1.71 bits per heavy atom. The van der Waals surface area contributed by atoms with Crippen LogP contribution in [0.15, 0.2) is 186 Å². The Labute approximate surface area is 340 Å². The summed E-state index contributed by atoms with van der Waals surface area (Å²) in [5.74, 6) is 1.88. The molecule has 2 heterocycles. The minimum absolute atomic E-state index is 0.600. The van der Waals surface area contributed by atoms with Crippen LogP contribution in [0.1, 0.15) is 17.5 Å². The molecule has 4 nitrogen and oxygen atoms in total. The van der Waals surface area contributed by atoms with Gasteiger partial charge in [0.25, 0.3) is 0 Å². The average Bonchev–Trinajstić information content (AvgIpc) is 3.69. The molecule has 0 amide bonds. The van der Waals surface area contributed by atoms with Gasteiger partial charge in [0, 0.05) is 27.5 Å². The predicted octanol–water partition coefficient (Wildman–Crippen LogP) is 14.5. The molecular formula is C55H35N3O. The van der Waals surface area contributed by atoms with E-state index in [1.807, 2.05) is 18.2 Å². The standard InChI is InChI=1S/C55H35N3O/c1-2-14-34(15-3-1)35-26-28-36(29-27-35)39-32-49(52-46-24-12-13-25-50(46)59-51(52)33-39)55-57-53(47-30-37-16-4-6-18-40(37)42-20-8-10-22-44(42)47)56-54(58-55)48-31-38-17-5-7-19-41(38)43-21-9-11-23-45(43)48/h1-4,6-16,18-33H,5,17H2. The average molecular weight is 754 g/mol. The van der Waals surface area contributed by atoms with Crippen LogP contribution in [0.5, 0.6) is 0 Å². The van der Waals surface area contributed by atoms with E-state index in [2.05, 4.69) is 170 Å². The van der Waals surface area contributed by atoms with Gasteiger partial charge in [0.05, 0.1) is 0 Å². The van der Waals surface area contributed by atoms with E-state index < -0.39 is 0 Å². The highest BCUT2D eigenvalue weighted by Gasteiger charge is 2.23. The molecule has 0 radical (unpaired) electrons. The van der Waals surface area contributed by atoms with Gasteiger partial charge in [0.1, 0.15) is 11.2 Å². The minimum atomic E-state index is 0.600. The van der Waals surface area contributed by atoms with Gasteiger partial charge in [0.2, 0.25) is 0 Å². The largest absolute Gasteiger partial charge is 0.456 e. The second-order valence-corrected chi connectivity index (χ2v) is 15.4. The molecule has 276 valence electrons. The molecule has 2 aromatic heterocycles. The van der Waals surface area contributed by atoms with Crippen molar-refractivity contribution in [3.05, 3.63) is 193 Å². The molecular weight excluding hydrogens is 719 g/mol. The lowest BCUT2D eigenvalue weighted by Gasteiger charge is -2.18. The molecule has 0 unspecified atom stereocenters. The third kappa shape index (κ3) is 5.56. The van der Waals surface area contributed by atoms with Gasteiger partial charge in [0.15, 0.2) is 17.5 Å². The van der Waals surface area contributed by atoms with Crippen LogP contribution < -0.4 is 0 Å². The van der Waals surface area contributed by atoms with E-state index in [1.165, 1.54) is 38.4 Å². The van der Waals surface area contributed by atoms with Crippen LogP contribution in [0.4, 0.5) is 0 Å². The second-order valence-electron chi connectivity index (χ2n) is 15.4. The Bertz CT molecular complexity index is 3490. The molecule has 0 spiro atoms. The fourth-order valence-electron chi connectivity index (χ4n) is 9.14.